The van der Waals surface area contributed by atoms with Crippen molar-refractivity contribution < 1.29 is 19.4 Å². The van der Waals surface area contributed by atoms with Crippen molar-refractivity contribution in [2.24, 2.45) is 0 Å². The first-order chi connectivity index (χ1) is 7.54. The maximum absolute atomic E-state index is 10.9. The third-order valence-electron chi connectivity index (χ3n) is 2.00. The number of carbonyl (C=O) groups is 1. The molecule has 0 saturated carbocycles. The molecular formula is C11H13BrO4. The topological polar surface area (TPSA) is 55.8 Å². The first-order valence-corrected chi connectivity index (χ1v) is 5.51. The minimum atomic E-state index is -0.652. The van der Waals surface area contributed by atoms with E-state index in [1.165, 1.54) is 7.11 Å². The summed E-state index contributed by atoms with van der Waals surface area (Å²) < 4.78 is 10.5. The zero-order valence-electron chi connectivity index (χ0n) is 9.07. The second-order valence-electron chi connectivity index (χ2n) is 3.22. The Labute approximate surface area is 102 Å². The molecule has 1 atom stereocenters. The molecular weight excluding hydrogens is 276 g/mol. The highest BCUT2D eigenvalue weighted by Gasteiger charge is 2.11. The largest absolute Gasteiger partial charge is 0.481 e. The highest BCUT2D eigenvalue weighted by molar-refractivity contribution is 9.10. The van der Waals surface area contributed by atoms with Crippen LogP contribution in [0, 0.1) is 0 Å². The summed E-state index contributed by atoms with van der Waals surface area (Å²) in [5.74, 6) is 0.00583. The summed E-state index contributed by atoms with van der Waals surface area (Å²) in [5.41, 5.74) is 0.632. The fourth-order valence-electron chi connectivity index (χ4n) is 1.17. The van der Waals surface area contributed by atoms with Crippen molar-refractivity contribution in [2.75, 3.05) is 13.7 Å². The number of halogens is 1. The van der Waals surface area contributed by atoms with Gasteiger partial charge in [0.15, 0.2) is 6.61 Å². The molecule has 0 amide bonds. The Bertz CT molecular complexity index is 376. The molecule has 1 N–H and O–H groups in total. The quantitative estimate of drug-likeness (QED) is 0.862. The molecule has 0 aliphatic rings. The molecule has 0 aliphatic heterocycles. The molecule has 0 spiro atoms. The van der Waals surface area contributed by atoms with Gasteiger partial charge in [-0.1, -0.05) is 22.0 Å². The predicted molar refractivity (Wildman–Crippen MR) is 62.3 cm³/mol. The van der Waals surface area contributed by atoms with Crippen molar-refractivity contribution in [3.05, 3.63) is 28.2 Å². The SMILES string of the molecule is COC(=O)COc1cc(Br)ccc1C(C)O. The monoisotopic (exact) mass is 288 g/mol. The molecule has 4 nitrogen and oxygen atoms in total. The number of aliphatic hydroxyl groups is 1. The van der Waals surface area contributed by atoms with Crippen LogP contribution in [0.3, 0.4) is 0 Å². The number of hydrogen-bond acceptors (Lipinski definition) is 4. The lowest BCUT2D eigenvalue weighted by Gasteiger charge is -2.13. The van der Waals surface area contributed by atoms with Crippen LogP contribution in [-0.2, 0) is 9.53 Å². The summed E-state index contributed by atoms with van der Waals surface area (Å²) in [7, 11) is 1.29. The molecule has 0 fully saturated rings. The molecule has 1 aromatic rings. The molecule has 1 aromatic carbocycles. The Morgan fingerprint density at radius 3 is 2.81 bits per heavy atom. The van der Waals surface area contributed by atoms with Crippen molar-refractivity contribution in [3.63, 3.8) is 0 Å². The van der Waals surface area contributed by atoms with Gasteiger partial charge in [-0.15, -0.1) is 0 Å². The molecule has 0 saturated heterocycles. The van der Waals surface area contributed by atoms with Crippen LogP contribution in [0.15, 0.2) is 22.7 Å². The van der Waals surface area contributed by atoms with Crippen LogP contribution in [0.5, 0.6) is 5.75 Å². The van der Waals surface area contributed by atoms with Crippen LogP contribution in [0.25, 0.3) is 0 Å². The maximum Gasteiger partial charge on any atom is 0.343 e. The molecule has 5 heteroatoms. The van der Waals surface area contributed by atoms with E-state index >= 15 is 0 Å². The van der Waals surface area contributed by atoms with Crippen molar-refractivity contribution in [1.82, 2.24) is 0 Å². The van der Waals surface area contributed by atoms with Gasteiger partial charge < -0.3 is 14.6 Å². The summed E-state index contributed by atoms with van der Waals surface area (Å²) >= 11 is 3.29. The number of benzene rings is 1. The lowest BCUT2D eigenvalue weighted by Crippen LogP contribution is -2.13. The molecule has 0 aliphatic carbocycles. The van der Waals surface area contributed by atoms with E-state index in [1.54, 1.807) is 25.1 Å². The maximum atomic E-state index is 10.9. The van der Waals surface area contributed by atoms with E-state index in [4.69, 9.17) is 4.74 Å². The number of carbonyl (C=O) groups excluding carboxylic acids is 1. The molecule has 0 bridgehead atoms. The van der Waals surface area contributed by atoms with Gasteiger partial charge in [-0.25, -0.2) is 4.79 Å². The van der Waals surface area contributed by atoms with Crippen LogP contribution in [0.1, 0.15) is 18.6 Å². The lowest BCUT2D eigenvalue weighted by molar-refractivity contribution is -0.142. The highest BCUT2D eigenvalue weighted by Crippen LogP contribution is 2.28. The molecule has 1 rings (SSSR count). The van der Waals surface area contributed by atoms with E-state index in [0.717, 1.165) is 4.47 Å². The first-order valence-electron chi connectivity index (χ1n) is 4.71. The second-order valence-corrected chi connectivity index (χ2v) is 4.14. The Kier molecular flexibility index (Phi) is 4.76. The zero-order valence-corrected chi connectivity index (χ0v) is 10.7. The standard InChI is InChI=1S/C11H13BrO4/c1-7(13)9-4-3-8(12)5-10(9)16-6-11(14)15-2/h3-5,7,13H,6H2,1-2H3. The fourth-order valence-corrected chi connectivity index (χ4v) is 1.51. The second kappa shape index (κ2) is 5.86. The minimum absolute atomic E-state index is 0.174. The van der Waals surface area contributed by atoms with E-state index in [2.05, 4.69) is 20.7 Å². The summed E-state index contributed by atoms with van der Waals surface area (Å²) in [6, 6.07) is 5.24. The van der Waals surface area contributed by atoms with Crippen molar-refractivity contribution >= 4 is 21.9 Å². The smallest absolute Gasteiger partial charge is 0.343 e. The third kappa shape index (κ3) is 3.50. The van der Waals surface area contributed by atoms with E-state index < -0.39 is 12.1 Å². The Morgan fingerprint density at radius 2 is 2.25 bits per heavy atom. The van der Waals surface area contributed by atoms with E-state index in [1.807, 2.05) is 0 Å². The number of rotatable bonds is 4. The van der Waals surface area contributed by atoms with Gasteiger partial charge >= 0.3 is 5.97 Å². The van der Waals surface area contributed by atoms with Gasteiger partial charge in [0.2, 0.25) is 0 Å². The van der Waals surface area contributed by atoms with E-state index in [-0.39, 0.29) is 6.61 Å². The third-order valence-corrected chi connectivity index (χ3v) is 2.49. The molecule has 0 heterocycles. The van der Waals surface area contributed by atoms with Gasteiger partial charge in [0, 0.05) is 10.0 Å². The van der Waals surface area contributed by atoms with Crippen molar-refractivity contribution in [1.29, 1.82) is 0 Å². The lowest BCUT2D eigenvalue weighted by atomic mass is 10.1. The van der Waals surface area contributed by atoms with Gasteiger partial charge in [0.1, 0.15) is 5.75 Å². The molecule has 88 valence electrons. The van der Waals surface area contributed by atoms with E-state index in [9.17, 15) is 9.90 Å². The molecule has 0 radical (unpaired) electrons. The Balaban J connectivity index is 2.84. The van der Waals surface area contributed by atoms with Crippen molar-refractivity contribution in [2.45, 2.75) is 13.0 Å². The predicted octanol–water partition coefficient (Wildman–Crippen LogP) is 2.05. The van der Waals surface area contributed by atoms with Crippen LogP contribution in [0.4, 0.5) is 0 Å². The first kappa shape index (κ1) is 13.0. The fraction of sp³-hybridized carbons (Fsp3) is 0.364. The number of hydrogen-bond donors (Lipinski definition) is 1. The van der Waals surface area contributed by atoms with Crippen LogP contribution in [-0.4, -0.2) is 24.8 Å². The van der Waals surface area contributed by atoms with Gasteiger partial charge in [-0.2, -0.15) is 0 Å². The zero-order chi connectivity index (χ0) is 12.1. The molecule has 0 aromatic heterocycles. The summed E-state index contributed by atoms with van der Waals surface area (Å²) in [6.07, 6.45) is -0.652. The number of esters is 1. The van der Waals surface area contributed by atoms with Gasteiger partial charge in [0.05, 0.1) is 13.2 Å². The Hall–Kier alpha value is -1.07. The molecule has 16 heavy (non-hydrogen) atoms. The van der Waals surface area contributed by atoms with Gasteiger partial charge in [-0.05, 0) is 19.1 Å². The van der Waals surface area contributed by atoms with Crippen LogP contribution < -0.4 is 4.74 Å². The molecule has 1 unspecified atom stereocenters. The average Bonchev–Trinajstić information content (AvgIpc) is 2.25. The average molecular weight is 289 g/mol. The normalized spacial score (nSPS) is 12.0. The summed E-state index contributed by atoms with van der Waals surface area (Å²) in [5, 5.41) is 9.51. The number of aliphatic hydroxyl groups excluding tert-OH is 1. The minimum Gasteiger partial charge on any atom is -0.481 e. The summed E-state index contributed by atoms with van der Waals surface area (Å²) in [6.45, 7) is 1.46. The highest BCUT2D eigenvalue weighted by atomic mass is 79.9. The summed E-state index contributed by atoms with van der Waals surface area (Å²) in [4.78, 5) is 10.9. The number of ether oxygens (including phenoxy) is 2. The van der Waals surface area contributed by atoms with Gasteiger partial charge in [0.25, 0.3) is 0 Å². The van der Waals surface area contributed by atoms with Crippen LogP contribution >= 0.6 is 15.9 Å². The van der Waals surface area contributed by atoms with Gasteiger partial charge in [-0.3, -0.25) is 0 Å². The van der Waals surface area contributed by atoms with Crippen molar-refractivity contribution in [3.8, 4) is 5.75 Å². The number of methoxy groups -OCH3 is 1. The van der Waals surface area contributed by atoms with Crippen LogP contribution in [0.2, 0.25) is 0 Å². The van der Waals surface area contributed by atoms with E-state index in [0.29, 0.717) is 11.3 Å². The Morgan fingerprint density at radius 1 is 1.56 bits per heavy atom.